The summed E-state index contributed by atoms with van der Waals surface area (Å²) >= 11 is 23.8. The number of hydrogen-bond acceptors (Lipinski definition) is 12. The molecule has 0 amide bonds. The van der Waals surface area contributed by atoms with Gasteiger partial charge in [-0.25, -0.2) is 0 Å². The standard InChI is InChI=1S/C98H108S12/c1-7-13-19-25-31-71-59-61-99-93(71)83-53-47-77(101-83)79-49-55-87(103-79)97-75(35-29-23-17-11-5)65-91(109-97)81-51-57-85(105-81)95-73(33-27-21-15-9-3)63-89(107-95)69-43-39-67(40-44-69)37-38-68-41-45-70(46-42-68)90-64-74(34-28-22-16-10-4)96(108-90)86-58-52-82(106-86)92-66-76(36-30-24-18-12-6)98(110-92)88-56-50-80(104-88)78-48-54-84(102-78)94-72(60-62-100-94)32-26-20-14-8-2/h37-66H,7-36H2,1-6H3. The van der Waals surface area contributed by atoms with E-state index in [-0.39, 0.29) is 0 Å². The zero-order chi connectivity index (χ0) is 75.4. The van der Waals surface area contributed by atoms with Gasteiger partial charge in [0.2, 0.25) is 0 Å². The third-order valence-electron chi connectivity index (χ3n) is 21.3. The van der Waals surface area contributed by atoms with Gasteiger partial charge < -0.3 is 0 Å². The molecule has 2 aromatic carbocycles. The van der Waals surface area contributed by atoms with Gasteiger partial charge in [0, 0.05) is 107 Å². The van der Waals surface area contributed by atoms with Crippen LogP contribution in [0.5, 0.6) is 0 Å². The molecule has 0 aliphatic carbocycles. The summed E-state index contributed by atoms with van der Waals surface area (Å²) in [6.45, 7) is 13.9. The van der Waals surface area contributed by atoms with E-state index in [1.807, 2.05) is 136 Å². The maximum absolute atomic E-state index is 2.56. The Labute approximate surface area is 706 Å². The lowest BCUT2D eigenvalue weighted by molar-refractivity contribution is 0.668. The molecular formula is C98H108S12. The zero-order valence-corrected chi connectivity index (χ0v) is 75.2. The third kappa shape index (κ3) is 20.8. The van der Waals surface area contributed by atoms with E-state index >= 15 is 0 Å². The van der Waals surface area contributed by atoms with Gasteiger partial charge in [-0.05, 0) is 253 Å². The van der Waals surface area contributed by atoms with Crippen LogP contribution < -0.4 is 0 Å². The third-order valence-corrected chi connectivity index (χ3v) is 36.4. The molecule has 0 aliphatic rings. The van der Waals surface area contributed by atoms with Crippen molar-refractivity contribution in [2.45, 2.75) is 234 Å². The summed E-state index contributed by atoms with van der Waals surface area (Å²) < 4.78 is 0. The summed E-state index contributed by atoms with van der Waals surface area (Å²) in [7, 11) is 0. The first-order valence-corrected chi connectivity index (χ1v) is 51.3. The number of unbranched alkanes of at least 4 members (excludes halogenated alkanes) is 18. The number of rotatable bonds is 44. The van der Waals surface area contributed by atoms with Gasteiger partial charge in [0.1, 0.15) is 0 Å². The SMILES string of the molecule is CCCCCCc1ccsc1-c1ccc(-c2ccc(-c3sc(-c4ccc(-c5sc(-c6ccc(C=Cc7ccc(-c8cc(CCCCCC)c(-c9ccc(-c%10cc(CCCCCC)c(-c%11ccc(-c%12ccc(-c%13sccc%13CCCCCC)s%12)s%11)s%10)s9)s8)cc7)cc6)cc5CCCCCC)s4)cc3CCCCCC)s2)s1. The first-order valence-electron chi connectivity index (χ1n) is 41.4. The molecule has 14 aromatic rings. The van der Waals surface area contributed by atoms with Crippen LogP contribution in [0.15, 0.2) is 168 Å². The van der Waals surface area contributed by atoms with E-state index < -0.39 is 0 Å². The van der Waals surface area contributed by atoms with Crippen LogP contribution in [-0.2, 0) is 38.5 Å². The van der Waals surface area contributed by atoms with Crippen molar-refractivity contribution in [2.24, 2.45) is 0 Å². The minimum absolute atomic E-state index is 1.12. The Morgan fingerprint density at radius 3 is 0.691 bits per heavy atom. The molecule has 0 saturated carbocycles. The smallest absolute Gasteiger partial charge is 0.0481 e. The summed E-state index contributed by atoms with van der Waals surface area (Å²) in [4.78, 5) is 31.2. The highest BCUT2D eigenvalue weighted by atomic mass is 32.1. The highest BCUT2D eigenvalue weighted by molar-refractivity contribution is 7.32. The minimum Gasteiger partial charge on any atom is -0.143 e. The Kier molecular flexibility index (Phi) is 30.4. The lowest BCUT2D eigenvalue weighted by atomic mass is 10.0. The Morgan fingerprint density at radius 1 is 0.191 bits per heavy atom. The number of aryl methyl sites for hydroxylation is 6. The number of benzene rings is 2. The molecule has 12 heterocycles. The van der Waals surface area contributed by atoms with Crippen molar-refractivity contribution in [1.29, 1.82) is 0 Å². The van der Waals surface area contributed by atoms with Gasteiger partial charge in [-0.15, -0.1) is 136 Å². The van der Waals surface area contributed by atoms with Crippen LogP contribution in [0, 0.1) is 0 Å². The van der Waals surface area contributed by atoms with Crippen molar-refractivity contribution in [3.05, 3.63) is 213 Å². The van der Waals surface area contributed by atoms with Crippen molar-refractivity contribution in [1.82, 2.24) is 0 Å². The van der Waals surface area contributed by atoms with Gasteiger partial charge in [-0.1, -0.05) is 218 Å². The van der Waals surface area contributed by atoms with E-state index in [9.17, 15) is 0 Å². The zero-order valence-electron chi connectivity index (χ0n) is 65.4. The largest absolute Gasteiger partial charge is 0.143 e. The molecule has 0 bridgehead atoms. The van der Waals surface area contributed by atoms with Crippen molar-refractivity contribution in [2.75, 3.05) is 0 Å². The van der Waals surface area contributed by atoms with Crippen molar-refractivity contribution in [3.63, 3.8) is 0 Å². The summed E-state index contributed by atoms with van der Waals surface area (Å²) in [5, 5.41) is 4.60. The van der Waals surface area contributed by atoms with E-state index in [4.69, 9.17) is 0 Å². The molecule has 0 unspecified atom stereocenters. The number of hydrogen-bond donors (Lipinski definition) is 0. The monoisotopic (exact) mass is 1670 g/mol. The van der Waals surface area contributed by atoms with Crippen molar-refractivity contribution in [3.8, 4) is 118 Å². The second-order valence-corrected chi connectivity index (χ2v) is 42.4. The van der Waals surface area contributed by atoms with Gasteiger partial charge in [0.05, 0.1) is 0 Å². The molecule has 0 nitrogen and oxygen atoms in total. The maximum Gasteiger partial charge on any atom is 0.0481 e. The molecule has 0 radical (unpaired) electrons. The summed E-state index contributed by atoms with van der Waals surface area (Å²) in [6, 6.07) is 62.4. The normalized spacial score (nSPS) is 11.9. The molecule has 0 atom stereocenters. The average Bonchev–Trinajstić information content (AvgIpc) is 1.63. The molecule has 12 aromatic heterocycles. The second-order valence-electron chi connectivity index (χ2n) is 29.8. The van der Waals surface area contributed by atoms with Crippen LogP contribution >= 0.6 is 136 Å². The molecule has 0 spiro atoms. The molecule has 12 heteroatoms. The van der Waals surface area contributed by atoms with E-state index in [0.717, 1.165) is 25.7 Å². The summed E-state index contributed by atoms with van der Waals surface area (Å²) in [5.41, 5.74) is 14.2. The Balaban J connectivity index is 0.655. The van der Waals surface area contributed by atoms with Gasteiger partial charge in [0.25, 0.3) is 0 Å². The fourth-order valence-electron chi connectivity index (χ4n) is 15.0. The van der Waals surface area contributed by atoms with Crippen LogP contribution in [0.4, 0.5) is 0 Å². The van der Waals surface area contributed by atoms with Crippen molar-refractivity contribution < 1.29 is 0 Å². The van der Waals surface area contributed by atoms with Gasteiger partial charge in [-0.2, -0.15) is 0 Å². The van der Waals surface area contributed by atoms with Crippen LogP contribution in [0.1, 0.15) is 240 Å². The number of thiophene rings is 12. The first kappa shape index (κ1) is 81.2. The quantitative estimate of drug-likeness (QED) is 0.0264. The molecule has 14 rings (SSSR count). The molecule has 0 fully saturated rings. The maximum atomic E-state index is 2.56. The lowest BCUT2D eigenvalue weighted by Crippen LogP contribution is -1.85. The molecule has 110 heavy (non-hydrogen) atoms. The minimum atomic E-state index is 1.12. The highest BCUT2D eigenvalue weighted by Gasteiger charge is 2.24. The summed E-state index contributed by atoms with van der Waals surface area (Å²) in [6.07, 6.45) is 42.2. The van der Waals surface area contributed by atoms with E-state index in [0.29, 0.717) is 0 Å². The molecular weight excluding hydrogens is 1560 g/mol. The lowest BCUT2D eigenvalue weighted by Gasteiger charge is -2.02. The average molecular weight is 1670 g/mol. The molecule has 0 saturated heterocycles. The van der Waals surface area contributed by atoms with Gasteiger partial charge in [0.15, 0.2) is 0 Å². The van der Waals surface area contributed by atoms with E-state index in [1.54, 1.807) is 0 Å². The fourth-order valence-corrected chi connectivity index (χ4v) is 29.1. The van der Waals surface area contributed by atoms with Crippen LogP contribution in [0.2, 0.25) is 0 Å². The van der Waals surface area contributed by atoms with Gasteiger partial charge in [-0.3, -0.25) is 0 Å². The fraction of sp³-hybridized carbons (Fsp3) is 0.367. The highest BCUT2D eigenvalue weighted by Crippen LogP contribution is 2.53. The predicted molar refractivity (Wildman–Crippen MR) is 509 cm³/mol. The molecule has 0 N–H and O–H groups in total. The predicted octanol–water partition coefficient (Wildman–Crippen LogP) is 37.3. The Bertz CT molecular complexity index is 4820. The van der Waals surface area contributed by atoms with Crippen LogP contribution in [-0.4, -0.2) is 0 Å². The Morgan fingerprint density at radius 2 is 0.418 bits per heavy atom. The Hall–Kier alpha value is -5.42. The second kappa shape index (κ2) is 41.2. The summed E-state index contributed by atoms with van der Waals surface area (Å²) in [5.74, 6) is 0. The topological polar surface area (TPSA) is 0 Å². The van der Waals surface area contributed by atoms with Gasteiger partial charge >= 0.3 is 0 Å². The molecule has 572 valence electrons. The van der Waals surface area contributed by atoms with Crippen LogP contribution in [0.3, 0.4) is 0 Å². The van der Waals surface area contributed by atoms with Crippen molar-refractivity contribution >= 4 is 148 Å². The molecule has 0 aliphatic heterocycles. The van der Waals surface area contributed by atoms with Crippen LogP contribution in [0.25, 0.3) is 131 Å². The van der Waals surface area contributed by atoms with E-state index in [2.05, 4.69) is 222 Å². The van der Waals surface area contributed by atoms with E-state index in [1.165, 1.54) is 330 Å². The first-order chi connectivity index (χ1) is 54.2.